The van der Waals surface area contributed by atoms with E-state index in [1.807, 2.05) is 0 Å². The first kappa shape index (κ1) is 12.3. The fourth-order valence-corrected chi connectivity index (χ4v) is 0.450. The van der Waals surface area contributed by atoms with Gasteiger partial charge in [-0.1, -0.05) is 24.3 Å². The van der Waals surface area contributed by atoms with Crippen LogP contribution in [0.4, 0.5) is 0 Å². The Balaban J connectivity index is 0. The summed E-state index contributed by atoms with van der Waals surface area (Å²) in [6.45, 7) is 0. The maximum absolute atomic E-state index is 10.3. The molecule has 4 heteroatoms. The Morgan fingerprint density at radius 2 is 1.20 bits per heavy atom. The van der Waals surface area contributed by atoms with Crippen molar-refractivity contribution in [2.75, 3.05) is 0 Å². The fraction of sp³-hybridized carbons (Fsp3) is 0. The minimum atomic E-state index is -0.437. The van der Waals surface area contributed by atoms with Crippen LogP contribution in [0, 0.1) is 0 Å². The number of para-hydroxylation sites is 2. The van der Waals surface area contributed by atoms with Crippen LogP contribution in [0.3, 0.4) is 0 Å². The van der Waals surface area contributed by atoms with Crippen molar-refractivity contribution in [1.82, 2.24) is 0 Å². The van der Waals surface area contributed by atoms with E-state index in [1.54, 1.807) is 12.1 Å². The predicted octanol–water partition coefficient (Wildman–Crippen LogP) is -0.724. The molecule has 0 aliphatic carbocycles. The van der Waals surface area contributed by atoms with Crippen molar-refractivity contribution < 1.29 is 15.7 Å². The average molecular weight is 247 g/mol. The molecular weight excluding hydrogens is 242 g/mol. The molecule has 0 aromatic heterocycles. The first-order chi connectivity index (χ1) is 3.80. The number of hydrogen-bond donors (Lipinski definition) is 0. The van der Waals surface area contributed by atoms with E-state index in [2.05, 4.69) is 0 Å². The van der Waals surface area contributed by atoms with Crippen LogP contribution in [0.25, 0.3) is 0 Å². The molecule has 0 aliphatic heterocycles. The monoisotopic (exact) mass is 246 g/mol. The molecule has 0 bridgehead atoms. The number of hydrogen-bond acceptors (Lipinski definition) is 3. The summed E-state index contributed by atoms with van der Waals surface area (Å²) in [5, 5.41) is 20.6. The zero-order valence-electron chi connectivity index (χ0n) is 5.02. The van der Waals surface area contributed by atoms with Gasteiger partial charge in [-0.2, -0.15) is 0 Å². The second kappa shape index (κ2) is 5.39. The van der Waals surface area contributed by atoms with Gasteiger partial charge in [-0.25, -0.2) is 0 Å². The largest absolute Gasteiger partial charge is 3.00 e. The quantitative estimate of drug-likeness (QED) is 0.567. The Labute approximate surface area is 76.1 Å². The van der Waals surface area contributed by atoms with Gasteiger partial charge in [0, 0.05) is 0 Å². The average Bonchev–Trinajstić information content (AvgIpc) is 1.77. The molecule has 1 rings (SSSR count). The van der Waals surface area contributed by atoms with E-state index in [9.17, 15) is 10.2 Å². The van der Waals surface area contributed by atoms with Gasteiger partial charge < -0.3 is 15.7 Å². The summed E-state index contributed by atoms with van der Waals surface area (Å²) in [6, 6.07) is 5.60. The van der Waals surface area contributed by atoms with Gasteiger partial charge in [-0.05, 0) is 0 Å². The Morgan fingerprint density at radius 1 is 0.900 bits per heavy atom. The van der Waals surface area contributed by atoms with Crippen LogP contribution in [0.1, 0.15) is 0 Å². The van der Waals surface area contributed by atoms with Crippen molar-refractivity contribution in [2.45, 2.75) is 0 Å². The third-order valence-electron chi connectivity index (χ3n) is 0.849. The summed E-state index contributed by atoms with van der Waals surface area (Å²) >= 11 is 0. The van der Waals surface area contributed by atoms with Crippen molar-refractivity contribution in [3.05, 3.63) is 24.3 Å². The molecule has 0 unspecified atom stereocenters. The minimum Gasteiger partial charge on any atom is -0.873 e. The van der Waals surface area contributed by atoms with Gasteiger partial charge in [-0.15, -0.1) is 11.5 Å². The molecule has 0 saturated carbocycles. The summed E-state index contributed by atoms with van der Waals surface area (Å²) < 4.78 is 0. The van der Waals surface area contributed by atoms with Crippen molar-refractivity contribution >= 4 is 24.4 Å². The smallest absolute Gasteiger partial charge is 0.873 e. The van der Waals surface area contributed by atoms with Crippen molar-refractivity contribution in [1.29, 1.82) is 0 Å². The molecule has 2 radical (unpaired) electrons. The molecule has 0 aliphatic rings. The van der Waals surface area contributed by atoms with Gasteiger partial charge in [0.25, 0.3) is 0 Å². The van der Waals surface area contributed by atoms with Crippen LogP contribution in [-0.4, -0.2) is 29.9 Å². The van der Waals surface area contributed by atoms with Crippen LogP contribution >= 0.6 is 0 Å². The molecule has 0 spiro atoms. The van der Waals surface area contributed by atoms with Crippen molar-refractivity contribution in [2.24, 2.45) is 0 Å². The summed E-state index contributed by atoms with van der Waals surface area (Å²) in [4.78, 5) is 0. The normalized spacial score (nSPS) is 7.20. The van der Waals surface area contributed by atoms with E-state index >= 15 is 0 Å². The molecule has 52 valence electrons. The minimum absolute atomic E-state index is 0. The summed E-state index contributed by atoms with van der Waals surface area (Å²) in [6.07, 6.45) is 0. The number of benzene rings is 1. The van der Waals surface area contributed by atoms with Crippen LogP contribution in [0.2, 0.25) is 0 Å². The molecule has 0 fully saturated rings. The summed E-state index contributed by atoms with van der Waals surface area (Å²) in [7, 11) is 0. The van der Waals surface area contributed by atoms with E-state index in [0.717, 1.165) is 0 Å². The second-order valence-electron chi connectivity index (χ2n) is 1.45. The van der Waals surface area contributed by atoms with E-state index in [-0.39, 0.29) is 29.9 Å². The zero-order chi connectivity index (χ0) is 5.98. The van der Waals surface area contributed by atoms with Gasteiger partial charge >= 0.3 is 24.4 Å². The maximum Gasteiger partial charge on any atom is 3.00 e. The fourth-order valence-electron chi connectivity index (χ4n) is 0.450. The van der Waals surface area contributed by atoms with Crippen LogP contribution in [0.5, 0.6) is 11.5 Å². The summed E-state index contributed by atoms with van der Waals surface area (Å²) in [5.74, 6) is -0.875. The topological polar surface area (TPSA) is 76.1 Å². The van der Waals surface area contributed by atoms with Gasteiger partial charge in [0.2, 0.25) is 0 Å². The third-order valence-corrected chi connectivity index (χ3v) is 0.849. The molecule has 1 aromatic rings. The molecule has 10 heavy (non-hydrogen) atoms. The Hall–Kier alpha value is -0.402. The Bertz CT molecular complexity index is 169. The molecule has 0 amide bonds. The molecule has 3 nitrogen and oxygen atoms in total. The molecular formula is C6H5O3Sb. The van der Waals surface area contributed by atoms with Gasteiger partial charge in [-0.3, -0.25) is 0 Å². The van der Waals surface area contributed by atoms with Gasteiger partial charge in [0.05, 0.1) is 0 Å². The van der Waals surface area contributed by atoms with E-state index in [4.69, 9.17) is 0 Å². The third kappa shape index (κ3) is 2.95. The van der Waals surface area contributed by atoms with Gasteiger partial charge in [0.1, 0.15) is 0 Å². The number of rotatable bonds is 0. The first-order valence-corrected chi connectivity index (χ1v) is 2.24. The first-order valence-electron chi connectivity index (χ1n) is 2.24. The second-order valence-corrected chi connectivity index (χ2v) is 1.45. The van der Waals surface area contributed by atoms with E-state index in [1.165, 1.54) is 12.1 Å². The molecule has 1 N–H and O–H groups in total. The standard InChI is InChI=1S/C6H6O2.H2O.Sb/c7-5-3-1-2-4-6(5)8;;/h1-4,7-8H;1H2;/q;;+3/p-3. The Morgan fingerprint density at radius 3 is 1.40 bits per heavy atom. The van der Waals surface area contributed by atoms with Gasteiger partial charge in [0.15, 0.2) is 0 Å². The Kier molecular flexibility index (Phi) is 6.62. The SMILES string of the molecule is [O-]c1ccccc1[O-].[OH-].[Sb+3]. The van der Waals surface area contributed by atoms with E-state index < -0.39 is 11.5 Å². The molecule has 0 heterocycles. The maximum atomic E-state index is 10.3. The van der Waals surface area contributed by atoms with Crippen LogP contribution in [0.15, 0.2) is 24.3 Å². The van der Waals surface area contributed by atoms with Crippen LogP contribution < -0.4 is 10.2 Å². The van der Waals surface area contributed by atoms with Crippen molar-refractivity contribution in [3.8, 4) is 11.5 Å². The van der Waals surface area contributed by atoms with E-state index in [0.29, 0.717) is 0 Å². The zero-order valence-corrected chi connectivity index (χ0v) is 7.57. The molecule has 1 aromatic carbocycles. The molecule has 0 saturated heterocycles. The molecule has 0 atom stereocenters. The van der Waals surface area contributed by atoms with Crippen molar-refractivity contribution in [3.63, 3.8) is 0 Å². The summed E-state index contributed by atoms with van der Waals surface area (Å²) in [5.41, 5.74) is 0. The van der Waals surface area contributed by atoms with Crippen LogP contribution in [-0.2, 0) is 0 Å². The predicted molar refractivity (Wildman–Crippen MR) is 33.0 cm³/mol.